The van der Waals surface area contributed by atoms with Crippen LogP contribution in [0.25, 0.3) is 17.3 Å². The van der Waals surface area contributed by atoms with Crippen molar-refractivity contribution >= 4 is 12.8 Å². The summed E-state index contributed by atoms with van der Waals surface area (Å²) in [6.45, 7) is 10.5. The Morgan fingerprint density at radius 3 is 2.80 bits per heavy atom. The van der Waals surface area contributed by atoms with Gasteiger partial charge in [-0.3, -0.25) is 4.58 Å². The zero-order valence-corrected chi connectivity index (χ0v) is 14.3. The normalized spacial score (nSPS) is 14.9. The summed E-state index contributed by atoms with van der Waals surface area (Å²) in [7, 11) is 0. The second-order valence-corrected chi connectivity index (χ2v) is 6.26. The van der Waals surface area contributed by atoms with Gasteiger partial charge in [0.1, 0.15) is 24.7 Å². The van der Waals surface area contributed by atoms with Crippen LogP contribution in [-0.4, -0.2) is 11.3 Å². The van der Waals surface area contributed by atoms with Gasteiger partial charge in [-0.05, 0) is 23.3 Å². The third-order valence-electron chi connectivity index (χ3n) is 4.74. The van der Waals surface area contributed by atoms with Crippen molar-refractivity contribution < 1.29 is 8.82 Å². The lowest BCUT2D eigenvalue weighted by atomic mass is 9.90. The Morgan fingerprint density at radius 2 is 1.96 bits per heavy atom. The number of fused-ring (bicyclic) bond motifs is 1. The van der Waals surface area contributed by atoms with Gasteiger partial charge in [-0.15, -0.1) is 36.8 Å². The fourth-order valence-electron chi connectivity index (χ4n) is 3.45. The average molecular weight is 324 g/mol. The highest BCUT2D eigenvalue weighted by atomic mass is 15.0. The molecule has 2 aliphatic rings. The topological polar surface area (TPSA) is 8.91 Å². The predicted octanol–water partition coefficient (Wildman–Crippen LogP) is 3.17. The number of nitrogens with zero attached hydrogens (tertiary/aromatic N) is 2. The number of pyridine rings is 1. The maximum Gasteiger partial charge on any atom is 0.156 e. The number of aromatic nitrogens is 1. The first-order valence-electron chi connectivity index (χ1n) is 8.33. The molecule has 0 N–H and O–H groups in total. The van der Waals surface area contributed by atoms with E-state index in [1.54, 1.807) is 0 Å². The Labute approximate surface area is 148 Å². The Bertz CT molecular complexity index is 1070. The first-order chi connectivity index (χ1) is 12.2. The first kappa shape index (κ1) is 15.3. The van der Waals surface area contributed by atoms with E-state index in [1.807, 2.05) is 33.4 Å². The zero-order valence-electron chi connectivity index (χ0n) is 14.3. The molecule has 0 spiro atoms. The van der Waals surface area contributed by atoms with Gasteiger partial charge >= 0.3 is 0 Å². The number of rotatable bonds is 2. The number of hydrogen-bond acceptors (Lipinski definition) is 0. The molecule has 2 heteroatoms. The van der Waals surface area contributed by atoms with Crippen molar-refractivity contribution in [1.29, 1.82) is 0 Å². The molecular weight excluding hydrogens is 304 g/mol. The molecule has 1 aliphatic heterocycles. The quantitative estimate of drug-likeness (QED) is 0.593. The average Bonchev–Trinajstić information content (AvgIpc) is 2.63. The highest BCUT2D eigenvalue weighted by Gasteiger charge is 2.19. The van der Waals surface area contributed by atoms with Crippen LogP contribution < -0.4 is 9.46 Å². The van der Waals surface area contributed by atoms with Crippen LogP contribution >= 0.6 is 0 Å². The van der Waals surface area contributed by atoms with Gasteiger partial charge in [0.25, 0.3) is 0 Å². The molecule has 0 unspecified atom stereocenters. The zero-order chi connectivity index (χ0) is 17.4. The fraction of sp³-hybridized carbons (Fsp3) is 0.0435. The third-order valence-corrected chi connectivity index (χ3v) is 4.74. The maximum absolute atomic E-state index is 4.21. The van der Waals surface area contributed by atoms with E-state index in [1.165, 1.54) is 27.5 Å². The van der Waals surface area contributed by atoms with E-state index < -0.39 is 0 Å². The summed E-state index contributed by atoms with van der Waals surface area (Å²) in [5.74, 6) is 0. The highest BCUT2D eigenvalue weighted by Crippen LogP contribution is 2.31. The minimum absolute atomic E-state index is 1.10. The minimum Gasteiger partial charge on any atom is -0.255 e. The van der Waals surface area contributed by atoms with Crippen molar-refractivity contribution in [3.05, 3.63) is 108 Å². The molecule has 2 aromatic rings. The molecule has 4 rings (SSSR count). The van der Waals surface area contributed by atoms with Crippen molar-refractivity contribution in [2.24, 2.45) is 0 Å². The van der Waals surface area contributed by atoms with E-state index >= 15 is 0 Å². The molecule has 0 fully saturated rings. The van der Waals surface area contributed by atoms with Crippen LogP contribution in [0.2, 0.25) is 0 Å². The lowest BCUT2D eigenvalue weighted by molar-refractivity contribution is -0.486. The monoisotopic (exact) mass is 324 g/mol. The van der Waals surface area contributed by atoms with Crippen molar-refractivity contribution in [2.75, 3.05) is 0 Å². The van der Waals surface area contributed by atoms with Crippen LogP contribution in [0.15, 0.2) is 67.0 Å². The number of benzene rings is 1. The molecule has 0 radical (unpaired) electrons. The molecule has 2 nitrogen and oxygen atoms in total. The Hall–Kier alpha value is -3.26. The van der Waals surface area contributed by atoms with Crippen LogP contribution in [0.1, 0.15) is 16.7 Å². The number of hydrogen-bond donors (Lipinski definition) is 0. The van der Waals surface area contributed by atoms with Crippen LogP contribution in [0.5, 0.6) is 0 Å². The van der Waals surface area contributed by atoms with Crippen molar-refractivity contribution in [3.63, 3.8) is 0 Å². The molecule has 1 aromatic heterocycles. The van der Waals surface area contributed by atoms with E-state index in [4.69, 9.17) is 0 Å². The van der Waals surface area contributed by atoms with Crippen molar-refractivity contribution in [1.82, 2.24) is 0 Å². The summed E-state index contributed by atoms with van der Waals surface area (Å²) in [6, 6.07) is 9.61. The molecule has 0 amide bonds. The van der Waals surface area contributed by atoms with Crippen LogP contribution in [0, 0.1) is 26.1 Å². The standard InChI is InChI=1S/C23H20N2/c1-17-19(22-13-6-7-15-24(22)2)11-8-12-20(17)23-21-10-5-4-9-18(21)14-16-25(23)3/h4-16H,2-3H2,1H3. The molecule has 2 heterocycles. The summed E-state index contributed by atoms with van der Waals surface area (Å²) in [5.41, 5.74) is 5.92. The summed E-state index contributed by atoms with van der Waals surface area (Å²) >= 11 is 0. The van der Waals surface area contributed by atoms with Gasteiger partial charge in [-0.1, -0.05) is 41.5 Å². The minimum atomic E-state index is 1.10. The molecule has 122 valence electrons. The number of allylic oxidation sites excluding steroid dienone is 4. The van der Waals surface area contributed by atoms with Gasteiger partial charge in [-0.25, -0.2) is 4.24 Å². The molecular formula is C23H20N2. The first-order valence-corrected chi connectivity index (χ1v) is 8.33. The Kier molecular flexibility index (Phi) is 3.66. The largest absolute Gasteiger partial charge is 0.255 e. The fourth-order valence-corrected chi connectivity index (χ4v) is 3.45. The van der Waals surface area contributed by atoms with Gasteiger partial charge in [-0.2, -0.15) is 0 Å². The molecule has 0 saturated heterocycles. The lowest BCUT2D eigenvalue weighted by Gasteiger charge is -2.22. The van der Waals surface area contributed by atoms with Gasteiger partial charge < -0.3 is 0 Å². The van der Waals surface area contributed by atoms with Crippen LogP contribution in [-0.2, 0) is 0 Å². The van der Waals surface area contributed by atoms with E-state index in [-0.39, 0.29) is 0 Å². The van der Waals surface area contributed by atoms with Gasteiger partial charge in [0.15, 0.2) is 6.20 Å². The van der Waals surface area contributed by atoms with E-state index in [2.05, 4.69) is 75.3 Å². The van der Waals surface area contributed by atoms with Gasteiger partial charge in [0.2, 0.25) is 0 Å². The van der Waals surface area contributed by atoms with E-state index in [9.17, 15) is 0 Å². The van der Waals surface area contributed by atoms with Gasteiger partial charge in [0.05, 0.1) is 6.72 Å². The molecule has 0 atom stereocenters. The third kappa shape index (κ3) is 2.52. The molecule has 0 saturated carbocycles. The van der Waals surface area contributed by atoms with Crippen LogP contribution in [0.4, 0.5) is 0 Å². The van der Waals surface area contributed by atoms with E-state index in [0.29, 0.717) is 0 Å². The van der Waals surface area contributed by atoms with E-state index in [0.717, 1.165) is 11.7 Å². The molecule has 0 bridgehead atoms. The van der Waals surface area contributed by atoms with Gasteiger partial charge in [0, 0.05) is 0 Å². The summed E-state index contributed by atoms with van der Waals surface area (Å²) in [4.78, 5) is 0. The summed E-state index contributed by atoms with van der Waals surface area (Å²) in [5, 5.41) is 1.22. The second-order valence-electron chi connectivity index (χ2n) is 6.26. The molecule has 1 aromatic carbocycles. The predicted molar refractivity (Wildman–Crippen MR) is 102 cm³/mol. The summed E-state index contributed by atoms with van der Waals surface area (Å²) < 4.78 is 3.87. The SMILES string of the molecule is C=[N+]1C=CC=C[C-]1c1cccc(-c2c3c(cc[n+]2=C)=CC=C[CH-]3)c1C. The second kappa shape index (κ2) is 5.99. The molecule has 25 heavy (non-hydrogen) atoms. The van der Waals surface area contributed by atoms with Crippen molar-refractivity contribution in [3.8, 4) is 11.3 Å². The Balaban J connectivity index is 1.94. The highest BCUT2D eigenvalue weighted by molar-refractivity contribution is 5.70. The molecule has 1 aliphatic carbocycles. The smallest absolute Gasteiger partial charge is 0.156 e. The lowest BCUT2D eigenvalue weighted by Crippen LogP contribution is -2.26. The Morgan fingerprint density at radius 1 is 1.08 bits per heavy atom. The maximum atomic E-state index is 4.21. The van der Waals surface area contributed by atoms with Crippen LogP contribution in [0.3, 0.4) is 0 Å². The summed E-state index contributed by atoms with van der Waals surface area (Å²) in [6.07, 6.45) is 18.6. The van der Waals surface area contributed by atoms with Crippen molar-refractivity contribution in [2.45, 2.75) is 6.92 Å².